The third kappa shape index (κ3) is 10.4. The SMILES string of the molecule is CCN(C(=O)Nc1ccc(-c2nc3c(c(N4CCOCC4)n2)CCN(CCOC)C3C)cc1)N(CC)C(=O)Nc1ccc(-c2nc3c(c(N4CCOCC4)n2)CCN(CCOC)C3C)cc1. The van der Waals surface area contributed by atoms with Crippen molar-refractivity contribution in [2.24, 2.45) is 0 Å². The molecule has 0 spiro atoms. The van der Waals surface area contributed by atoms with Gasteiger partial charge in [-0.25, -0.2) is 39.5 Å². The molecule has 4 aliphatic heterocycles. The highest BCUT2D eigenvalue weighted by molar-refractivity contribution is 5.94. The van der Waals surface area contributed by atoms with Crippen LogP contribution in [0.15, 0.2) is 48.5 Å². The van der Waals surface area contributed by atoms with Gasteiger partial charge in [0, 0.05) is 125 Å². The monoisotopic (exact) mass is 907 g/mol. The van der Waals surface area contributed by atoms with Gasteiger partial charge in [-0.15, -0.1) is 0 Å². The highest BCUT2D eigenvalue weighted by Gasteiger charge is 2.33. The molecule has 0 aliphatic carbocycles. The molecule has 2 unspecified atom stereocenters. The largest absolute Gasteiger partial charge is 0.383 e. The Kier molecular flexibility index (Phi) is 15.6. The lowest BCUT2D eigenvalue weighted by atomic mass is 9.98. The zero-order valence-corrected chi connectivity index (χ0v) is 39.4. The number of rotatable bonds is 14. The van der Waals surface area contributed by atoms with Crippen molar-refractivity contribution in [3.05, 3.63) is 71.0 Å². The number of hydrogen-bond acceptors (Lipinski definition) is 14. The second kappa shape index (κ2) is 21.9. The predicted molar refractivity (Wildman–Crippen MR) is 255 cm³/mol. The normalized spacial score (nSPS) is 18.9. The van der Waals surface area contributed by atoms with Gasteiger partial charge < -0.3 is 39.4 Å². The smallest absolute Gasteiger partial charge is 0.340 e. The molecule has 2 saturated heterocycles. The van der Waals surface area contributed by atoms with Crippen molar-refractivity contribution in [2.45, 2.75) is 52.6 Å². The number of methoxy groups -OCH3 is 2. The Hall–Kier alpha value is -5.50. The lowest BCUT2D eigenvalue weighted by molar-refractivity contribution is 0.0679. The van der Waals surface area contributed by atoms with Crippen molar-refractivity contribution in [1.29, 1.82) is 0 Å². The molecule has 18 heteroatoms. The lowest BCUT2D eigenvalue weighted by Gasteiger charge is -2.37. The fraction of sp³-hybridized carbons (Fsp3) is 0.542. The Morgan fingerprint density at radius 3 is 1.33 bits per heavy atom. The summed E-state index contributed by atoms with van der Waals surface area (Å²) in [5, 5.41) is 8.79. The van der Waals surface area contributed by atoms with Crippen molar-refractivity contribution >= 4 is 35.1 Å². The van der Waals surface area contributed by atoms with Gasteiger partial charge in [-0.1, -0.05) is 0 Å². The summed E-state index contributed by atoms with van der Waals surface area (Å²) in [6, 6.07) is 14.4. The summed E-state index contributed by atoms with van der Waals surface area (Å²) < 4.78 is 22.2. The second-order valence-electron chi connectivity index (χ2n) is 17.0. The van der Waals surface area contributed by atoms with Crippen molar-refractivity contribution in [3.63, 3.8) is 0 Å². The summed E-state index contributed by atoms with van der Waals surface area (Å²) >= 11 is 0. The van der Waals surface area contributed by atoms with Crippen LogP contribution in [0.1, 0.15) is 62.3 Å². The summed E-state index contributed by atoms with van der Waals surface area (Å²) in [5.41, 5.74) is 7.32. The third-order valence-electron chi connectivity index (χ3n) is 13.2. The van der Waals surface area contributed by atoms with Crippen LogP contribution in [-0.2, 0) is 31.8 Å². The van der Waals surface area contributed by atoms with Crippen LogP contribution in [-0.4, -0.2) is 171 Å². The average Bonchev–Trinajstić information content (AvgIpc) is 3.35. The zero-order valence-electron chi connectivity index (χ0n) is 39.4. The molecular formula is C48H66N12O6. The molecule has 4 amide bonds. The number of carbonyl (C=O) groups is 2. The minimum atomic E-state index is -0.433. The van der Waals surface area contributed by atoms with Crippen LogP contribution < -0.4 is 20.4 Å². The molecule has 2 fully saturated rings. The van der Waals surface area contributed by atoms with Gasteiger partial charge in [0.2, 0.25) is 0 Å². The maximum absolute atomic E-state index is 13.8. The van der Waals surface area contributed by atoms with Crippen molar-refractivity contribution in [2.75, 3.05) is 140 Å². The van der Waals surface area contributed by atoms with E-state index in [1.54, 1.807) is 14.2 Å². The predicted octanol–water partition coefficient (Wildman–Crippen LogP) is 5.73. The summed E-state index contributed by atoms with van der Waals surface area (Å²) in [6.45, 7) is 19.2. The second-order valence-corrected chi connectivity index (χ2v) is 17.0. The fourth-order valence-corrected chi connectivity index (χ4v) is 9.38. The van der Waals surface area contributed by atoms with Gasteiger partial charge >= 0.3 is 12.1 Å². The summed E-state index contributed by atoms with van der Waals surface area (Å²) in [4.78, 5) is 57.7. The van der Waals surface area contributed by atoms with E-state index in [0.717, 1.165) is 99.4 Å². The van der Waals surface area contributed by atoms with Gasteiger partial charge in [0.25, 0.3) is 0 Å². The van der Waals surface area contributed by atoms with Crippen LogP contribution >= 0.6 is 0 Å². The van der Waals surface area contributed by atoms with E-state index in [1.165, 1.54) is 21.1 Å². The van der Waals surface area contributed by atoms with Gasteiger partial charge in [-0.3, -0.25) is 9.80 Å². The van der Waals surface area contributed by atoms with Crippen LogP contribution in [0.4, 0.5) is 32.6 Å². The molecule has 4 aromatic rings. The number of aromatic nitrogens is 4. The van der Waals surface area contributed by atoms with Gasteiger partial charge in [0.15, 0.2) is 11.6 Å². The number of nitrogens with zero attached hydrogens (tertiary/aromatic N) is 10. The quantitative estimate of drug-likeness (QED) is 0.148. The molecule has 0 radical (unpaired) electrons. The van der Waals surface area contributed by atoms with E-state index in [0.29, 0.717) is 62.7 Å². The summed E-state index contributed by atoms with van der Waals surface area (Å²) in [5.74, 6) is 3.23. The number of benzene rings is 2. The maximum atomic E-state index is 13.8. The first-order chi connectivity index (χ1) is 32.2. The first-order valence-corrected chi connectivity index (χ1v) is 23.5. The highest BCUT2D eigenvalue weighted by Crippen LogP contribution is 2.37. The Morgan fingerprint density at radius 2 is 0.985 bits per heavy atom. The Balaban J connectivity index is 0.948. The van der Waals surface area contributed by atoms with Gasteiger partial charge in [-0.2, -0.15) is 0 Å². The first kappa shape index (κ1) is 47.0. The molecule has 8 rings (SSSR count). The Labute approximate surface area is 388 Å². The number of carbonyl (C=O) groups excluding carboxylic acids is 2. The van der Waals surface area contributed by atoms with Gasteiger partial charge in [0.1, 0.15) is 11.6 Å². The van der Waals surface area contributed by atoms with Crippen molar-refractivity contribution in [3.8, 4) is 22.8 Å². The minimum Gasteiger partial charge on any atom is -0.383 e. The Bertz CT molecular complexity index is 2110. The molecule has 2 aromatic heterocycles. The number of hydrazine groups is 1. The molecule has 0 bridgehead atoms. The molecule has 0 saturated carbocycles. The highest BCUT2D eigenvalue weighted by atomic mass is 16.5. The van der Waals surface area contributed by atoms with E-state index >= 15 is 0 Å². The molecule has 2 aromatic carbocycles. The van der Waals surface area contributed by atoms with E-state index in [2.05, 4.69) is 44.1 Å². The number of urea groups is 2. The first-order valence-electron chi connectivity index (χ1n) is 23.5. The van der Waals surface area contributed by atoms with Crippen LogP contribution in [0.3, 0.4) is 0 Å². The zero-order chi connectivity index (χ0) is 46.2. The molecule has 6 heterocycles. The molecular weight excluding hydrogens is 841 g/mol. The fourth-order valence-electron chi connectivity index (χ4n) is 9.38. The number of amides is 4. The number of nitrogens with one attached hydrogen (secondary N) is 2. The van der Waals surface area contributed by atoms with E-state index in [4.69, 9.17) is 38.9 Å². The minimum absolute atomic E-state index is 0.105. The molecule has 18 nitrogen and oxygen atoms in total. The van der Waals surface area contributed by atoms with Gasteiger partial charge in [0.05, 0.1) is 51.0 Å². The van der Waals surface area contributed by atoms with Crippen LogP contribution in [0.25, 0.3) is 22.8 Å². The standard InChI is InChI=1S/C48H66N12O6/c1-7-59(47(61)49-37-13-9-35(10-14-37)43-51-41-33(3)55(21-27-63-5)19-17-39(41)45(53-43)57-23-29-65-30-24-57)60(8-2)48(62)50-38-15-11-36(12-16-38)44-52-42-34(4)56(22-28-64-6)20-18-40(42)46(54-44)58-25-31-66-32-26-58/h9-16,33-34H,7-8,17-32H2,1-6H3,(H,49,61)(H,50,62). The summed E-state index contributed by atoms with van der Waals surface area (Å²) in [6.07, 6.45) is 1.73. The van der Waals surface area contributed by atoms with E-state index in [9.17, 15) is 9.59 Å². The van der Waals surface area contributed by atoms with Crippen LogP contribution in [0, 0.1) is 0 Å². The number of morpholine rings is 2. The Morgan fingerprint density at radius 1 is 0.606 bits per heavy atom. The number of ether oxygens (including phenoxy) is 4. The molecule has 2 atom stereocenters. The third-order valence-corrected chi connectivity index (χ3v) is 13.2. The van der Waals surface area contributed by atoms with Crippen molar-refractivity contribution in [1.82, 2.24) is 39.8 Å². The molecule has 354 valence electrons. The van der Waals surface area contributed by atoms with Crippen molar-refractivity contribution < 1.29 is 28.5 Å². The lowest BCUT2D eigenvalue weighted by Crippen LogP contribution is -2.52. The van der Waals surface area contributed by atoms with Gasteiger partial charge in [-0.05, 0) is 89.1 Å². The van der Waals surface area contributed by atoms with E-state index in [-0.39, 0.29) is 25.2 Å². The molecule has 66 heavy (non-hydrogen) atoms. The number of anilines is 4. The van der Waals surface area contributed by atoms with Crippen LogP contribution in [0.2, 0.25) is 0 Å². The maximum Gasteiger partial charge on any atom is 0.340 e. The molecule has 2 N–H and O–H groups in total. The molecule has 4 aliphatic rings. The van der Waals surface area contributed by atoms with Crippen LogP contribution in [0.5, 0.6) is 0 Å². The summed E-state index contributed by atoms with van der Waals surface area (Å²) in [7, 11) is 3.46. The topological polar surface area (TPSA) is 166 Å². The average molecular weight is 907 g/mol. The number of fused-ring (bicyclic) bond motifs is 2. The van der Waals surface area contributed by atoms with E-state index in [1.807, 2.05) is 62.4 Å². The number of hydrogen-bond donors (Lipinski definition) is 2. The van der Waals surface area contributed by atoms with E-state index < -0.39 is 12.1 Å².